The molecule has 0 radical (unpaired) electrons. The smallest absolute Gasteiger partial charge is 0.253 e. The van der Waals surface area contributed by atoms with Crippen LogP contribution in [0.3, 0.4) is 0 Å². The Balaban J connectivity index is 1.29. The molecule has 236 valence electrons. The number of nitrogens with zero attached hydrogens (tertiary/aromatic N) is 4. The van der Waals surface area contributed by atoms with Crippen molar-refractivity contribution in [3.63, 3.8) is 0 Å². The van der Waals surface area contributed by atoms with E-state index in [0.29, 0.717) is 43.6 Å². The van der Waals surface area contributed by atoms with Crippen LogP contribution in [-0.2, 0) is 28.9 Å². The van der Waals surface area contributed by atoms with E-state index in [1.54, 1.807) is 6.20 Å². The van der Waals surface area contributed by atoms with Gasteiger partial charge in [0.25, 0.3) is 5.91 Å². The van der Waals surface area contributed by atoms with Gasteiger partial charge in [-0.1, -0.05) is 42.8 Å². The summed E-state index contributed by atoms with van der Waals surface area (Å²) in [6.07, 6.45) is 11.1. The van der Waals surface area contributed by atoms with Gasteiger partial charge in [-0.3, -0.25) is 19.4 Å². The summed E-state index contributed by atoms with van der Waals surface area (Å²) >= 11 is 0. The standard InChI is InChI=1S/C36H44N6O3/c1-24-30(26-11-5-3-6-12-26)20-33-36(45)42(24)15-8-4-7-13-41(2)14-9-10-25-16-31(34(38-21-25)39-23-43)27-17-28-18-29(35(44)40-33)22-37-32(28)19-27/h3,5-6,11-12,16,18,21-24,27,30,33H,4,7-10,13-15,17,19-20H2,1-2H3,(H,40,44)(H,38,39,43). The Kier molecular flexibility index (Phi) is 9.54. The van der Waals surface area contributed by atoms with Gasteiger partial charge in [0.2, 0.25) is 12.3 Å². The number of hydrogen-bond acceptors (Lipinski definition) is 6. The molecule has 2 N–H and O–H groups in total. The zero-order valence-electron chi connectivity index (χ0n) is 26.4. The molecule has 3 amide bonds. The maximum Gasteiger partial charge on any atom is 0.253 e. The highest BCUT2D eigenvalue weighted by atomic mass is 16.2. The molecule has 6 rings (SSSR count). The van der Waals surface area contributed by atoms with Crippen LogP contribution in [0.4, 0.5) is 5.82 Å². The zero-order chi connectivity index (χ0) is 31.3. The first-order chi connectivity index (χ1) is 21.9. The van der Waals surface area contributed by atoms with Crippen molar-refractivity contribution in [2.24, 2.45) is 0 Å². The Morgan fingerprint density at radius 3 is 2.58 bits per heavy atom. The predicted octanol–water partition coefficient (Wildman–Crippen LogP) is 4.48. The van der Waals surface area contributed by atoms with Crippen LogP contribution in [0.15, 0.2) is 54.9 Å². The van der Waals surface area contributed by atoms with Crippen LogP contribution in [0.25, 0.3) is 0 Å². The molecule has 4 heterocycles. The predicted molar refractivity (Wildman–Crippen MR) is 174 cm³/mol. The second kappa shape index (κ2) is 13.9. The number of carbonyl (C=O) groups is 3. The summed E-state index contributed by atoms with van der Waals surface area (Å²) in [4.78, 5) is 52.6. The number of hydrogen-bond donors (Lipinski definition) is 2. The van der Waals surface area contributed by atoms with Gasteiger partial charge in [-0.2, -0.15) is 0 Å². The summed E-state index contributed by atoms with van der Waals surface area (Å²) in [6.45, 7) is 4.83. The number of amides is 3. The quantitative estimate of drug-likeness (QED) is 0.425. The molecular weight excluding hydrogens is 564 g/mol. The largest absolute Gasteiger partial charge is 0.340 e. The average molecular weight is 609 g/mol. The van der Waals surface area contributed by atoms with E-state index in [4.69, 9.17) is 4.98 Å². The first-order valence-corrected chi connectivity index (χ1v) is 16.4. The second-order valence-corrected chi connectivity index (χ2v) is 13.0. The molecule has 1 saturated heterocycles. The van der Waals surface area contributed by atoms with E-state index in [0.717, 1.165) is 67.6 Å². The molecule has 3 aromatic rings. The van der Waals surface area contributed by atoms with Gasteiger partial charge in [0.1, 0.15) is 11.9 Å². The first kappa shape index (κ1) is 30.9. The van der Waals surface area contributed by atoms with Crippen molar-refractivity contribution in [1.82, 2.24) is 25.1 Å². The zero-order valence-corrected chi connectivity index (χ0v) is 26.4. The molecule has 45 heavy (non-hydrogen) atoms. The number of benzene rings is 1. The third-order valence-corrected chi connectivity index (χ3v) is 9.96. The molecule has 1 aliphatic carbocycles. The maximum absolute atomic E-state index is 13.9. The summed E-state index contributed by atoms with van der Waals surface area (Å²) in [7, 11) is 2.17. The molecule has 1 fully saturated rings. The SMILES string of the molecule is CC1C(c2ccccc2)CC2NC(=O)c3cnc4c(c3)CC(C4)c3cc(cnc3NC=O)CCCN(C)CCCCCN1C2=O. The second-order valence-electron chi connectivity index (χ2n) is 13.0. The molecule has 9 nitrogen and oxygen atoms in total. The van der Waals surface area contributed by atoms with Crippen LogP contribution in [-0.4, -0.2) is 76.8 Å². The fraction of sp³-hybridized carbons (Fsp3) is 0.472. The van der Waals surface area contributed by atoms with E-state index in [2.05, 4.69) is 52.7 Å². The minimum Gasteiger partial charge on any atom is -0.340 e. The molecule has 2 aromatic heterocycles. The molecule has 1 aromatic carbocycles. The Hall–Kier alpha value is -4.11. The van der Waals surface area contributed by atoms with Crippen molar-refractivity contribution in [1.29, 1.82) is 0 Å². The van der Waals surface area contributed by atoms with Gasteiger partial charge in [-0.15, -0.1) is 0 Å². The number of anilines is 1. The van der Waals surface area contributed by atoms with Crippen molar-refractivity contribution in [2.75, 3.05) is 32.0 Å². The number of piperidine rings is 1. The van der Waals surface area contributed by atoms with Gasteiger partial charge < -0.3 is 20.4 Å². The lowest BCUT2D eigenvalue weighted by Gasteiger charge is -2.43. The van der Waals surface area contributed by atoms with E-state index in [-0.39, 0.29) is 29.7 Å². The number of aromatic nitrogens is 2. The molecule has 9 heteroatoms. The van der Waals surface area contributed by atoms with Crippen molar-refractivity contribution >= 4 is 24.0 Å². The van der Waals surface area contributed by atoms with Crippen LogP contribution >= 0.6 is 0 Å². The molecule has 0 spiro atoms. The molecule has 0 saturated carbocycles. The van der Waals surface area contributed by atoms with Gasteiger partial charge >= 0.3 is 0 Å². The minimum atomic E-state index is -0.602. The molecule has 3 aliphatic rings. The average Bonchev–Trinajstić information content (AvgIpc) is 3.48. The summed E-state index contributed by atoms with van der Waals surface area (Å²) in [5, 5.41) is 5.89. The minimum absolute atomic E-state index is 0.000868. The number of aryl methyl sites for hydroxylation is 1. The lowest BCUT2D eigenvalue weighted by atomic mass is 9.81. The third kappa shape index (κ3) is 6.93. The van der Waals surface area contributed by atoms with Gasteiger partial charge in [0.15, 0.2) is 0 Å². The molecule has 4 atom stereocenters. The van der Waals surface area contributed by atoms with E-state index in [1.165, 1.54) is 5.56 Å². The number of carbonyl (C=O) groups excluding carboxylic acids is 3. The van der Waals surface area contributed by atoms with E-state index in [1.807, 2.05) is 35.4 Å². The van der Waals surface area contributed by atoms with Crippen molar-refractivity contribution in [2.45, 2.75) is 82.2 Å². The van der Waals surface area contributed by atoms with Crippen molar-refractivity contribution in [3.05, 3.63) is 88.4 Å². The van der Waals surface area contributed by atoms with Crippen LogP contribution in [0.5, 0.6) is 0 Å². The summed E-state index contributed by atoms with van der Waals surface area (Å²) in [5.74, 6) is 0.537. The number of nitrogens with one attached hydrogen (secondary N) is 2. The normalized spacial score (nSPS) is 24.8. The third-order valence-electron chi connectivity index (χ3n) is 9.96. The number of rotatable bonds is 3. The molecule has 2 aliphatic heterocycles. The van der Waals surface area contributed by atoms with E-state index in [9.17, 15) is 14.4 Å². The summed E-state index contributed by atoms with van der Waals surface area (Å²) in [6, 6.07) is 13.9. The van der Waals surface area contributed by atoms with Crippen LogP contribution < -0.4 is 10.6 Å². The fourth-order valence-corrected chi connectivity index (χ4v) is 7.43. The molecule has 4 unspecified atom stereocenters. The summed E-state index contributed by atoms with van der Waals surface area (Å²) in [5.41, 5.74) is 5.80. The molecular formula is C36H44N6O3. The van der Waals surface area contributed by atoms with Crippen LogP contribution in [0.2, 0.25) is 0 Å². The Labute approximate surface area is 265 Å². The first-order valence-electron chi connectivity index (χ1n) is 16.4. The lowest BCUT2D eigenvalue weighted by Crippen LogP contribution is -2.58. The summed E-state index contributed by atoms with van der Waals surface area (Å²) < 4.78 is 0. The lowest BCUT2D eigenvalue weighted by molar-refractivity contribution is -0.139. The topological polar surface area (TPSA) is 108 Å². The van der Waals surface area contributed by atoms with Crippen LogP contribution in [0, 0.1) is 0 Å². The Bertz CT molecular complexity index is 1530. The van der Waals surface area contributed by atoms with Crippen molar-refractivity contribution in [3.8, 4) is 0 Å². The van der Waals surface area contributed by atoms with Crippen molar-refractivity contribution < 1.29 is 14.4 Å². The molecule has 7 bridgehead atoms. The Morgan fingerprint density at radius 2 is 1.76 bits per heavy atom. The van der Waals surface area contributed by atoms with Gasteiger partial charge in [-0.25, -0.2) is 4.98 Å². The van der Waals surface area contributed by atoms with Gasteiger partial charge in [-0.05, 0) is 106 Å². The van der Waals surface area contributed by atoms with Gasteiger partial charge in [0, 0.05) is 36.6 Å². The highest BCUT2D eigenvalue weighted by Gasteiger charge is 2.40. The van der Waals surface area contributed by atoms with E-state index >= 15 is 0 Å². The highest BCUT2D eigenvalue weighted by molar-refractivity contribution is 5.98. The fourth-order valence-electron chi connectivity index (χ4n) is 7.43. The Morgan fingerprint density at radius 1 is 0.956 bits per heavy atom. The highest BCUT2D eigenvalue weighted by Crippen LogP contribution is 2.37. The van der Waals surface area contributed by atoms with E-state index < -0.39 is 6.04 Å². The van der Waals surface area contributed by atoms with Gasteiger partial charge in [0.05, 0.1) is 5.56 Å². The number of fused-ring (bicyclic) bond motifs is 7. The monoisotopic (exact) mass is 608 g/mol. The van der Waals surface area contributed by atoms with Crippen LogP contribution in [0.1, 0.15) is 89.2 Å². The maximum atomic E-state index is 13.9. The number of pyridine rings is 2.